The van der Waals surface area contributed by atoms with Crippen molar-refractivity contribution in [1.82, 2.24) is 9.78 Å². The summed E-state index contributed by atoms with van der Waals surface area (Å²) in [5.74, 6) is 0. The first-order valence-corrected chi connectivity index (χ1v) is 6.18. The highest BCUT2D eigenvalue weighted by molar-refractivity contribution is 9.10. The number of alkyl halides is 3. The molecule has 1 heterocycles. The van der Waals surface area contributed by atoms with E-state index in [1.54, 1.807) is 25.1 Å². The van der Waals surface area contributed by atoms with Crippen LogP contribution in [0.15, 0.2) is 35.1 Å². The fourth-order valence-corrected chi connectivity index (χ4v) is 2.15. The van der Waals surface area contributed by atoms with Gasteiger partial charge in [0, 0.05) is 10.7 Å². The molecule has 1 aromatic carbocycles. The fourth-order valence-electron chi connectivity index (χ4n) is 1.57. The van der Waals surface area contributed by atoms with Crippen LogP contribution in [0.4, 0.5) is 13.2 Å². The van der Waals surface area contributed by atoms with Crippen LogP contribution < -0.4 is 0 Å². The molecule has 102 valence electrons. The highest BCUT2D eigenvalue weighted by Crippen LogP contribution is 2.31. The van der Waals surface area contributed by atoms with Gasteiger partial charge in [0.1, 0.15) is 0 Å². The van der Waals surface area contributed by atoms with Gasteiger partial charge in [-0.05, 0) is 40.5 Å². The second kappa shape index (κ2) is 4.97. The summed E-state index contributed by atoms with van der Waals surface area (Å²) >= 11 is 3.26. The molecule has 1 N–H and O–H groups in total. The molecule has 0 unspecified atom stereocenters. The van der Waals surface area contributed by atoms with E-state index in [1.165, 1.54) is 0 Å². The lowest BCUT2D eigenvalue weighted by Gasteiger charge is -2.09. The third kappa shape index (κ3) is 2.98. The Morgan fingerprint density at radius 1 is 1.37 bits per heavy atom. The van der Waals surface area contributed by atoms with Crippen molar-refractivity contribution < 1.29 is 18.3 Å². The number of aliphatic hydroxyl groups is 1. The van der Waals surface area contributed by atoms with Gasteiger partial charge < -0.3 is 5.11 Å². The Labute approximate surface area is 115 Å². The molecule has 0 fully saturated rings. The summed E-state index contributed by atoms with van der Waals surface area (Å²) in [5, 5.41) is 13.1. The van der Waals surface area contributed by atoms with Gasteiger partial charge in [0.25, 0.3) is 0 Å². The van der Waals surface area contributed by atoms with Crippen molar-refractivity contribution in [3.05, 3.63) is 46.2 Å². The van der Waals surface area contributed by atoms with Crippen LogP contribution in [0, 0.1) is 0 Å². The summed E-state index contributed by atoms with van der Waals surface area (Å²) in [6.07, 6.45) is -3.37. The fraction of sp³-hybridized carbons (Fsp3) is 0.250. The maximum atomic E-state index is 12.5. The molecule has 0 saturated carbocycles. The lowest BCUT2D eigenvalue weighted by molar-refractivity contribution is -0.137. The van der Waals surface area contributed by atoms with E-state index in [0.29, 0.717) is 15.7 Å². The van der Waals surface area contributed by atoms with Gasteiger partial charge >= 0.3 is 6.18 Å². The summed E-state index contributed by atoms with van der Waals surface area (Å²) in [4.78, 5) is 0. The van der Waals surface area contributed by atoms with Crippen molar-refractivity contribution in [2.24, 2.45) is 0 Å². The first-order chi connectivity index (χ1) is 8.79. The van der Waals surface area contributed by atoms with E-state index in [4.69, 9.17) is 0 Å². The number of hydrogen-bond donors (Lipinski definition) is 1. The maximum Gasteiger partial charge on any atom is 0.419 e. The number of rotatable bonds is 2. The van der Waals surface area contributed by atoms with Gasteiger partial charge in [-0.2, -0.15) is 18.3 Å². The van der Waals surface area contributed by atoms with Gasteiger partial charge in [-0.25, -0.2) is 4.68 Å². The van der Waals surface area contributed by atoms with Crippen molar-refractivity contribution in [2.75, 3.05) is 0 Å². The zero-order valence-electron chi connectivity index (χ0n) is 9.82. The normalized spacial score (nSPS) is 13.6. The zero-order chi connectivity index (χ0) is 14.2. The summed E-state index contributed by atoms with van der Waals surface area (Å²) < 4.78 is 39.2. The van der Waals surface area contributed by atoms with Crippen LogP contribution >= 0.6 is 15.9 Å². The molecule has 0 spiro atoms. The zero-order valence-corrected chi connectivity index (χ0v) is 11.4. The highest BCUT2D eigenvalue weighted by Gasteiger charge is 2.32. The minimum atomic E-state index is -4.41. The summed E-state index contributed by atoms with van der Waals surface area (Å²) in [6.45, 7) is 1.61. The van der Waals surface area contributed by atoms with Crippen LogP contribution in [0.3, 0.4) is 0 Å². The van der Waals surface area contributed by atoms with Gasteiger partial charge in [0.15, 0.2) is 0 Å². The number of benzene rings is 1. The Morgan fingerprint density at radius 2 is 2.05 bits per heavy atom. The third-order valence-electron chi connectivity index (χ3n) is 2.61. The predicted molar refractivity (Wildman–Crippen MR) is 66.9 cm³/mol. The maximum absolute atomic E-state index is 12.5. The third-order valence-corrected chi connectivity index (χ3v) is 3.25. The van der Waals surface area contributed by atoms with E-state index >= 15 is 0 Å². The van der Waals surface area contributed by atoms with Crippen LogP contribution in [0.2, 0.25) is 0 Å². The second-order valence-electron chi connectivity index (χ2n) is 4.06. The Bertz CT molecular complexity index is 593. The lowest BCUT2D eigenvalue weighted by atomic mass is 10.1. The summed E-state index contributed by atoms with van der Waals surface area (Å²) in [7, 11) is 0. The van der Waals surface area contributed by atoms with Crippen molar-refractivity contribution in [2.45, 2.75) is 19.2 Å². The molecule has 2 aromatic rings. The van der Waals surface area contributed by atoms with Crippen LogP contribution in [0.1, 0.15) is 24.2 Å². The van der Waals surface area contributed by atoms with E-state index in [0.717, 1.165) is 17.1 Å². The number of aromatic nitrogens is 2. The van der Waals surface area contributed by atoms with Crippen molar-refractivity contribution >= 4 is 15.9 Å². The molecule has 0 aliphatic heterocycles. The molecule has 0 radical (unpaired) electrons. The summed E-state index contributed by atoms with van der Waals surface area (Å²) in [6, 6.07) is 4.88. The van der Waals surface area contributed by atoms with E-state index in [2.05, 4.69) is 21.0 Å². The molecule has 3 nitrogen and oxygen atoms in total. The van der Waals surface area contributed by atoms with E-state index in [1.807, 2.05) is 0 Å². The van der Waals surface area contributed by atoms with E-state index in [9.17, 15) is 18.3 Å². The molecule has 0 saturated heterocycles. The van der Waals surface area contributed by atoms with Crippen molar-refractivity contribution in [3.8, 4) is 5.69 Å². The average molecular weight is 335 g/mol. The van der Waals surface area contributed by atoms with Gasteiger partial charge in [-0.3, -0.25) is 0 Å². The molecule has 0 bridgehead atoms. The Hall–Kier alpha value is -1.34. The molecule has 1 aromatic heterocycles. The quantitative estimate of drug-likeness (QED) is 0.909. The van der Waals surface area contributed by atoms with E-state index in [-0.39, 0.29) is 0 Å². The van der Waals surface area contributed by atoms with Crippen molar-refractivity contribution in [3.63, 3.8) is 0 Å². The molecule has 2 rings (SSSR count). The second-order valence-corrected chi connectivity index (χ2v) is 4.91. The summed E-state index contributed by atoms with van der Waals surface area (Å²) in [5.41, 5.74) is 0.331. The number of aliphatic hydroxyl groups excluding tert-OH is 1. The number of halogens is 4. The average Bonchev–Trinajstić information content (AvgIpc) is 2.77. The molecular weight excluding hydrogens is 325 g/mol. The van der Waals surface area contributed by atoms with Gasteiger partial charge in [-0.1, -0.05) is 6.07 Å². The van der Waals surface area contributed by atoms with Crippen LogP contribution in [-0.4, -0.2) is 14.9 Å². The lowest BCUT2D eigenvalue weighted by Crippen LogP contribution is -2.03. The van der Waals surface area contributed by atoms with Crippen LogP contribution in [0.25, 0.3) is 5.69 Å². The Balaban J connectivity index is 2.40. The molecular formula is C12H10BrF3N2O. The van der Waals surface area contributed by atoms with Crippen LogP contribution in [0.5, 0.6) is 0 Å². The monoisotopic (exact) mass is 334 g/mol. The molecule has 7 heteroatoms. The van der Waals surface area contributed by atoms with E-state index < -0.39 is 17.8 Å². The van der Waals surface area contributed by atoms with Crippen molar-refractivity contribution in [1.29, 1.82) is 0 Å². The Morgan fingerprint density at radius 3 is 2.53 bits per heavy atom. The highest BCUT2D eigenvalue weighted by atomic mass is 79.9. The minimum Gasteiger partial charge on any atom is -0.389 e. The first kappa shape index (κ1) is 14.1. The SMILES string of the molecule is C[C@H](O)c1ccc(-n2cc(C(F)(F)F)cn2)c(Br)c1. The topological polar surface area (TPSA) is 38.0 Å². The van der Waals surface area contributed by atoms with Gasteiger partial charge in [0.2, 0.25) is 0 Å². The number of nitrogens with zero attached hydrogens (tertiary/aromatic N) is 2. The largest absolute Gasteiger partial charge is 0.419 e. The van der Waals surface area contributed by atoms with Gasteiger partial charge in [0.05, 0.1) is 23.6 Å². The number of hydrogen-bond acceptors (Lipinski definition) is 2. The molecule has 0 aliphatic rings. The Kier molecular flexibility index (Phi) is 3.69. The molecule has 1 atom stereocenters. The van der Waals surface area contributed by atoms with Gasteiger partial charge in [-0.15, -0.1) is 0 Å². The predicted octanol–water partition coefficient (Wildman–Crippen LogP) is 3.71. The first-order valence-electron chi connectivity index (χ1n) is 5.39. The minimum absolute atomic E-state index is 0.472. The standard InChI is InChI=1S/C12H10BrF3N2O/c1-7(19)8-2-3-11(10(13)4-8)18-6-9(5-17-18)12(14,15)16/h2-7,19H,1H3/t7-/m0/s1. The molecule has 0 amide bonds. The molecule has 19 heavy (non-hydrogen) atoms. The van der Waals surface area contributed by atoms with Crippen LogP contribution in [-0.2, 0) is 6.18 Å². The molecule has 0 aliphatic carbocycles. The smallest absolute Gasteiger partial charge is 0.389 e.